The van der Waals surface area contributed by atoms with Crippen LogP contribution >= 0.6 is 0 Å². The van der Waals surface area contributed by atoms with E-state index in [9.17, 15) is 18.4 Å². The quantitative estimate of drug-likeness (QED) is 0.375. The largest absolute Gasteiger partial charge is 0.485 e. The minimum atomic E-state index is -1.08. The van der Waals surface area contributed by atoms with Crippen LogP contribution in [0.15, 0.2) is 42.5 Å². The molecule has 2 fully saturated rings. The zero-order chi connectivity index (χ0) is 29.9. The molecule has 224 valence electrons. The lowest BCUT2D eigenvalue weighted by molar-refractivity contribution is -0.145. The fourth-order valence-corrected chi connectivity index (χ4v) is 6.20. The van der Waals surface area contributed by atoms with Crippen LogP contribution < -0.4 is 4.74 Å². The van der Waals surface area contributed by atoms with Crippen molar-refractivity contribution in [1.82, 2.24) is 9.80 Å². The van der Waals surface area contributed by atoms with Gasteiger partial charge in [-0.3, -0.25) is 9.80 Å². The molecule has 0 spiro atoms. The molecule has 1 amide bonds. The SMILES string of the molecule is COC(=O)[C@@H]1C[C@H](Oc2cc(CC3CCC(c4ccccc4)(N(C)C)CC3)cc(F)c2F)CN1C(=O)OC(C)(C)C. The van der Waals surface area contributed by atoms with E-state index in [0.717, 1.165) is 25.7 Å². The van der Waals surface area contributed by atoms with E-state index in [-0.39, 0.29) is 24.3 Å². The van der Waals surface area contributed by atoms with Crippen LogP contribution in [0.4, 0.5) is 13.6 Å². The van der Waals surface area contributed by atoms with Gasteiger partial charge >= 0.3 is 12.1 Å². The molecule has 1 aliphatic heterocycles. The monoisotopic (exact) mass is 572 g/mol. The molecule has 9 heteroatoms. The molecule has 0 radical (unpaired) electrons. The number of benzene rings is 2. The standard InChI is InChI=1S/C32H42F2N2O5/c1-31(2,3)41-30(38)36-20-24(19-26(36)29(37)39-6)40-27-18-22(17-25(33)28(27)34)16-21-12-14-32(15-13-21,35(4)5)23-10-8-7-9-11-23/h7-11,17-18,21,24,26H,12-16,19-20H2,1-6H3/t21?,24-,26-,32?/m0/s1. The second-order valence-electron chi connectivity index (χ2n) is 12.5. The Morgan fingerprint density at radius 1 is 1.07 bits per heavy atom. The number of likely N-dealkylation sites (tertiary alicyclic amines) is 1. The molecule has 1 saturated carbocycles. The number of ether oxygens (including phenoxy) is 3. The lowest BCUT2D eigenvalue weighted by Crippen LogP contribution is -2.44. The number of rotatable bonds is 7. The van der Waals surface area contributed by atoms with E-state index < -0.39 is 41.4 Å². The van der Waals surface area contributed by atoms with Gasteiger partial charge < -0.3 is 14.2 Å². The van der Waals surface area contributed by atoms with Gasteiger partial charge in [0.2, 0.25) is 5.82 Å². The van der Waals surface area contributed by atoms with Crippen molar-refractivity contribution in [1.29, 1.82) is 0 Å². The Labute approximate surface area is 241 Å². The highest BCUT2D eigenvalue weighted by molar-refractivity contribution is 5.82. The van der Waals surface area contributed by atoms with Crippen LogP contribution in [-0.4, -0.2) is 67.4 Å². The Kier molecular flexibility index (Phi) is 9.26. The van der Waals surface area contributed by atoms with Gasteiger partial charge in [-0.2, -0.15) is 4.39 Å². The number of hydrogen-bond acceptors (Lipinski definition) is 6. The van der Waals surface area contributed by atoms with Crippen LogP contribution in [0.25, 0.3) is 0 Å². The van der Waals surface area contributed by atoms with Gasteiger partial charge in [0.1, 0.15) is 17.7 Å². The summed E-state index contributed by atoms with van der Waals surface area (Å²) in [6.07, 6.45) is 3.10. The first-order valence-corrected chi connectivity index (χ1v) is 14.3. The molecular weight excluding hydrogens is 530 g/mol. The molecule has 41 heavy (non-hydrogen) atoms. The van der Waals surface area contributed by atoms with Gasteiger partial charge in [-0.1, -0.05) is 30.3 Å². The zero-order valence-electron chi connectivity index (χ0n) is 24.9. The topological polar surface area (TPSA) is 68.3 Å². The van der Waals surface area contributed by atoms with Crippen molar-refractivity contribution < 1.29 is 32.6 Å². The molecule has 4 rings (SSSR count). The number of hydrogen-bond donors (Lipinski definition) is 0. The first kappa shape index (κ1) is 30.8. The number of halogens is 2. The predicted octanol–water partition coefficient (Wildman–Crippen LogP) is 6.08. The van der Waals surface area contributed by atoms with Crippen LogP contribution in [-0.2, 0) is 26.2 Å². The fourth-order valence-electron chi connectivity index (χ4n) is 6.20. The lowest BCUT2D eigenvalue weighted by atomic mass is 9.70. The van der Waals surface area contributed by atoms with Gasteiger partial charge in [0.15, 0.2) is 11.6 Å². The predicted molar refractivity (Wildman–Crippen MR) is 152 cm³/mol. The summed E-state index contributed by atoms with van der Waals surface area (Å²) in [4.78, 5) is 28.7. The molecule has 2 atom stereocenters. The third-order valence-electron chi connectivity index (χ3n) is 8.34. The first-order valence-electron chi connectivity index (χ1n) is 14.3. The van der Waals surface area contributed by atoms with Gasteiger partial charge in [-0.15, -0.1) is 0 Å². The van der Waals surface area contributed by atoms with E-state index in [4.69, 9.17) is 14.2 Å². The summed E-state index contributed by atoms with van der Waals surface area (Å²) in [5.74, 6) is -2.58. The van der Waals surface area contributed by atoms with Crippen LogP contribution in [0.1, 0.15) is 64.0 Å². The van der Waals surface area contributed by atoms with Crippen molar-refractivity contribution in [3.05, 3.63) is 65.2 Å². The first-order chi connectivity index (χ1) is 19.3. The smallest absolute Gasteiger partial charge is 0.411 e. The van der Waals surface area contributed by atoms with Gasteiger partial charge in [0, 0.05) is 12.0 Å². The van der Waals surface area contributed by atoms with E-state index in [1.54, 1.807) is 26.8 Å². The van der Waals surface area contributed by atoms with E-state index >= 15 is 0 Å². The molecule has 1 heterocycles. The Balaban J connectivity index is 1.46. The number of carbonyl (C=O) groups excluding carboxylic acids is 2. The molecule has 2 aromatic carbocycles. The van der Waals surface area contributed by atoms with Gasteiger partial charge in [-0.05, 0) is 96.1 Å². The maximum Gasteiger partial charge on any atom is 0.411 e. The highest BCUT2D eigenvalue weighted by Gasteiger charge is 2.44. The van der Waals surface area contributed by atoms with Crippen molar-refractivity contribution in [2.45, 2.75) is 82.6 Å². The van der Waals surface area contributed by atoms with E-state index in [1.807, 2.05) is 6.07 Å². The van der Waals surface area contributed by atoms with Gasteiger partial charge in [-0.25, -0.2) is 14.0 Å². The number of carbonyl (C=O) groups is 2. The molecule has 2 aromatic rings. The number of amides is 1. The van der Waals surface area contributed by atoms with Crippen LogP contribution in [0, 0.1) is 17.6 Å². The van der Waals surface area contributed by atoms with Crippen molar-refractivity contribution in [3.8, 4) is 5.75 Å². The second kappa shape index (κ2) is 12.3. The summed E-state index contributed by atoms with van der Waals surface area (Å²) in [6, 6.07) is 12.4. The third-order valence-corrected chi connectivity index (χ3v) is 8.34. The minimum absolute atomic E-state index is 0.0192. The zero-order valence-corrected chi connectivity index (χ0v) is 24.9. The molecular formula is C32H42F2N2O5. The Hall–Kier alpha value is -3.20. The highest BCUT2D eigenvalue weighted by Crippen LogP contribution is 2.44. The van der Waals surface area contributed by atoms with E-state index in [1.165, 1.54) is 23.6 Å². The maximum absolute atomic E-state index is 14.9. The average molecular weight is 573 g/mol. The second-order valence-corrected chi connectivity index (χ2v) is 12.5. The summed E-state index contributed by atoms with van der Waals surface area (Å²) in [6.45, 7) is 5.15. The van der Waals surface area contributed by atoms with E-state index in [0.29, 0.717) is 17.9 Å². The number of esters is 1. The Morgan fingerprint density at radius 2 is 1.73 bits per heavy atom. The Morgan fingerprint density at radius 3 is 2.32 bits per heavy atom. The highest BCUT2D eigenvalue weighted by atomic mass is 19.2. The average Bonchev–Trinajstić information content (AvgIpc) is 3.35. The van der Waals surface area contributed by atoms with Crippen LogP contribution in [0.2, 0.25) is 0 Å². The maximum atomic E-state index is 14.9. The normalized spacial score (nSPS) is 24.8. The fraction of sp³-hybridized carbons (Fsp3) is 0.562. The van der Waals surface area contributed by atoms with Gasteiger partial charge in [0.05, 0.1) is 13.7 Å². The molecule has 1 aliphatic carbocycles. The van der Waals surface area contributed by atoms with Crippen LogP contribution in [0.3, 0.4) is 0 Å². The number of methoxy groups -OCH3 is 1. The van der Waals surface area contributed by atoms with E-state index in [2.05, 4.69) is 43.3 Å². The van der Waals surface area contributed by atoms with Crippen molar-refractivity contribution in [2.75, 3.05) is 27.7 Å². The summed E-state index contributed by atoms with van der Waals surface area (Å²) < 4.78 is 45.8. The molecule has 0 unspecified atom stereocenters. The molecule has 0 bridgehead atoms. The van der Waals surface area contributed by atoms with Crippen molar-refractivity contribution in [3.63, 3.8) is 0 Å². The molecule has 0 aromatic heterocycles. The van der Waals surface area contributed by atoms with Crippen molar-refractivity contribution >= 4 is 12.1 Å². The lowest BCUT2D eigenvalue weighted by Gasteiger charge is -2.45. The van der Waals surface area contributed by atoms with Crippen LogP contribution in [0.5, 0.6) is 5.75 Å². The number of nitrogens with zero attached hydrogens (tertiary/aromatic N) is 2. The summed E-state index contributed by atoms with van der Waals surface area (Å²) in [5, 5.41) is 0. The van der Waals surface area contributed by atoms with Gasteiger partial charge in [0.25, 0.3) is 0 Å². The molecule has 1 saturated heterocycles. The molecule has 0 N–H and O–H groups in total. The van der Waals surface area contributed by atoms with Crippen molar-refractivity contribution in [2.24, 2.45) is 5.92 Å². The third kappa shape index (κ3) is 7.00. The molecule has 7 nitrogen and oxygen atoms in total. The summed E-state index contributed by atoms with van der Waals surface area (Å²) >= 11 is 0. The summed E-state index contributed by atoms with van der Waals surface area (Å²) in [5.41, 5.74) is 1.15. The Bertz CT molecular complexity index is 1220. The summed E-state index contributed by atoms with van der Waals surface area (Å²) in [7, 11) is 5.46. The molecule has 2 aliphatic rings. The minimum Gasteiger partial charge on any atom is -0.485 e.